The lowest BCUT2D eigenvalue weighted by Crippen LogP contribution is -2.20. The van der Waals surface area contributed by atoms with E-state index in [2.05, 4.69) is 5.32 Å². The quantitative estimate of drug-likeness (QED) is 0.765. The first-order chi connectivity index (χ1) is 8.04. The molecule has 1 atom stereocenters. The van der Waals surface area contributed by atoms with Crippen LogP contribution in [0.4, 0.5) is 8.78 Å². The number of halogens is 2. The Labute approximate surface area is 101 Å². The predicted molar refractivity (Wildman–Crippen MR) is 63.3 cm³/mol. The molecule has 1 aromatic rings. The second kappa shape index (κ2) is 6.66. The highest BCUT2D eigenvalue weighted by Crippen LogP contribution is 2.21. The summed E-state index contributed by atoms with van der Waals surface area (Å²) in [5, 5.41) is 11.8. The number of hydrogen-bond acceptors (Lipinski definition) is 3. The summed E-state index contributed by atoms with van der Waals surface area (Å²) < 4.78 is 37.0. The normalized spacial score (nSPS) is 12.6. The SMILES string of the molecule is CCS(=O)CCNCc1cc(F)c(O)c(F)c1. The van der Waals surface area contributed by atoms with Crippen LogP contribution in [0.25, 0.3) is 0 Å². The van der Waals surface area contributed by atoms with E-state index in [0.29, 0.717) is 23.6 Å². The van der Waals surface area contributed by atoms with Crippen molar-refractivity contribution in [3.05, 3.63) is 29.3 Å². The lowest BCUT2D eigenvalue weighted by molar-refractivity contribution is 0.395. The van der Waals surface area contributed by atoms with E-state index in [4.69, 9.17) is 5.11 Å². The Hall–Kier alpha value is -1.01. The van der Waals surface area contributed by atoms with Crippen molar-refractivity contribution in [2.24, 2.45) is 0 Å². The van der Waals surface area contributed by atoms with Crippen LogP contribution in [0.15, 0.2) is 12.1 Å². The van der Waals surface area contributed by atoms with Crippen LogP contribution in [0.2, 0.25) is 0 Å². The van der Waals surface area contributed by atoms with Gasteiger partial charge in [0, 0.05) is 35.4 Å². The molecule has 0 aliphatic rings. The molecule has 0 aromatic heterocycles. The highest BCUT2D eigenvalue weighted by Gasteiger charge is 2.09. The number of aromatic hydroxyl groups is 1. The van der Waals surface area contributed by atoms with Crippen LogP contribution in [0.3, 0.4) is 0 Å². The molecular formula is C11H15F2NO2S. The van der Waals surface area contributed by atoms with Crippen molar-refractivity contribution in [2.45, 2.75) is 13.5 Å². The molecule has 0 aliphatic carbocycles. The fourth-order valence-corrected chi connectivity index (χ4v) is 1.94. The first-order valence-electron chi connectivity index (χ1n) is 5.27. The highest BCUT2D eigenvalue weighted by molar-refractivity contribution is 7.84. The second-order valence-electron chi connectivity index (χ2n) is 3.52. The van der Waals surface area contributed by atoms with E-state index < -0.39 is 28.2 Å². The van der Waals surface area contributed by atoms with E-state index in [9.17, 15) is 13.0 Å². The van der Waals surface area contributed by atoms with Crippen molar-refractivity contribution in [2.75, 3.05) is 18.1 Å². The van der Waals surface area contributed by atoms with Gasteiger partial charge in [0.2, 0.25) is 0 Å². The zero-order valence-corrected chi connectivity index (χ0v) is 10.3. The molecule has 0 saturated carbocycles. The standard InChI is InChI=1S/C11H15F2NO2S/c1-2-17(16)4-3-14-7-8-5-9(12)11(15)10(13)6-8/h5-6,14-15H,2-4,7H2,1H3. The minimum atomic E-state index is -0.973. The summed E-state index contributed by atoms with van der Waals surface area (Å²) in [4.78, 5) is 0. The highest BCUT2D eigenvalue weighted by atomic mass is 32.2. The molecule has 1 aromatic carbocycles. The molecule has 0 aliphatic heterocycles. The van der Waals surface area contributed by atoms with Gasteiger partial charge in [0.05, 0.1) is 0 Å². The van der Waals surface area contributed by atoms with Gasteiger partial charge in [0.25, 0.3) is 0 Å². The molecule has 0 bridgehead atoms. The lowest BCUT2D eigenvalue weighted by Gasteiger charge is -2.06. The molecule has 0 heterocycles. The Balaban J connectivity index is 2.45. The van der Waals surface area contributed by atoms with E-state index >= 15 is 0 Å². The van der Waals surface area contributed by atoms with E-state index in [-0.39, 0.29) is 6.54 Å². The van der Waals surface area contributed by atoms with Gasteiger partial charge in [-0.1, -0.05) is 6.92 Å². The van der Waals surface area contributed by atoms with Gasteiger partial charge in [0.1, 0.15) is 0 Å². The van der Waals surface area contributed by atoms with Gasteiger partial charge in [-0.05, 0) is 17.7 Å². The van der Waals surface area contributed by atoms with Crippen molar-refractivity contribution in [1.29, 1.82) is 0 Å². The summed E-state index contributed by atoms with van der Waals surface area (Å²) in [6.45, 7) is 2.63. The molecule has 2 N–H and O–H groups in total. The Morgan fingerprint density at radius 3 is 2.47 bits per heavy atom. The summed E-state index contributed by atoms with van der Waals surface area (Å²) in [7, 11) is -0.848. The zero-order chi connectivity index (χ0) is 12.8. The van der Waals surface area contributed by atoms with Crippen molar-refractivity contribution >= 4 is 10.8 Å². The maximum absolute atomic E-state index is 13.0. The molecule has 1 rings (SSSR count). The van der Waals surface area contributed by atoms with Gasteiger partial charge in [0.15, 0.2) is 17.4 Å². The predicted octanol–water partition coefficient (Wildman–Crippen LogP) is 1.53. The molecule has 0 saturated heterocycles. The van der Waals surface area contributed by atoms with Crippen molar-refractivity contribution in [3.63, 3.8) is 0 Å². The summed E-state index contributed by atoms with van der Waals surface area (Å²) in [5.74, 6) is -1.79. The summed E-state index contributed by atoms with van der Waals surface area (Å²) in [6, 6.07) is 2.14. The van der Waals surface area contributed by atoms with Crippen molar-refractivity contribution in [1.82, 2.24) is 5.32 Å². The first kappa shape index (κ1) is 14.1. The fraction of sp³-hybridized carbons (Fsp3) is 0.455. The topological polar surface area (TPSA) is 49.3 Å². The smallest absolute Gasteiger partial charge is 0.187 e. The van der Waals surface area contributed by atoms with E-state index in [1.54, 1.807) is 0 Å². The van der Waals surface area contributed by atoms with Gasteiger partial charge in [-0.25, -0.2) is 8.78 Å². The number of rotatable bonds is 6. The maximum atomic E-state index is 13.0. The Kier molecular flexibility index (Phi) is 5.50. The number of phenols is 1. The van der Waals surface area contributed by atoms with E-state index in [0.717, 1.165) is 12.1 Å². The Morgan fingerprint density at radius 1 is 1.35 bits per heavy atom. The maximum Gasteiger partial charge on any atom is 0.187 e. The van der Waals surface area contributed by atoms with E-state index in [1.807, 2.05) is 6.92 Å². The molecule has 6 heteroatoms. The van der Waals surface area contributed by atoms with Crippen molar-refractivity contribution < 1.29 is 18.1 Å². The molecule has 17 heavy (non-hydrogen) atoms. The molecule has 3 nitrogen and oxygen atoms in total. The number of nitrogens with one attached hydrogen (secondary N) is 1. The molecule has 1 unspecified atom stereocenters. The van der Waals surface area contributed by atoms with Gasteiger partial charge in [-0.15, -0.1) is 0 Å². The summed E-state index contributed by atoms with van der Waals surface area (Å²) in [5.41, 5.74) is 0.403. The minimum Gasteiger partial charge on any atom is -0.503 e. The van der Waals surface area contributed by atoms with Crippen LogP contribution in [0.5, 0.6) is 5.75 Å². The van der Waals surface area contributed by atoms with Crippen LogP contribution in [0, 0.1) is 11.6 Å². The van der Waals surface area contributed by atoms with Crippen LogP contribution in [-0.4, -0.2) is 27.4 Å². The summed E-state index contributed by atoms with van der Waals surface area (Å²) in [6.07, 6.45) is 0. The third-order valence-corrected chi connectivity index (χ3v) is 3.54. The second-order valence-corrected chi connectivity index (χ2v) is 5.38. The number of phenolic OH excluding ortho intramolecular Hbond substituents is 1. The lowest BCUT2D eigenvalue weighted by atomic mass is 10.2. The molecular weight excluding hydrogens is 248 g/mol. The van der Waals surface area contributed by atoms with Gasteiger partial charge >= 0.3 is 0 Å². The third kappa shape index (κ3) is 4.40. The summed E-state index contributed by atoms with van der Waals surface area (Å²) >= 11 is 0. The van der Waals surface area contributed by atoms with Crippen LogP contribution in [-0.2, 0) is 17.3 Å². The molecule has 0 fully saturated rings. The average molecular weight is 263 g/mol. The first-order valence-corrected chi connectivity index (χ1v) is 6.76. The molecule has 0 radical (unpaired) electrons. The Bertz CT molecular complexity index is 389. The zero-order valence-electron chi connectivity index (χ0n) is 9.50. The molecule has 0 spiro atoms. The van der Waals surface area contributed by atoms with Crippen LogP contribution >= 0.6 is 0 Å². The average Bonchev–Trinajstić information content (AvgIpc) is 2.31. The molecule has 0 amide bonds. The minimum absolute atomic E-state index is 0.273. The fourth-order valence-electron chi connectivity index (χ4n) is 1.28. The van der Waals surface area contributed by atoms with E-state index in [1.165, 1.54) is 0 Å². The Morgan fingerprint density at radius 2 is 1.94 bits per heavy atom. The number of hydrogen-bond donors (Lipinski definition) is 2. The monoisotopic (exact) mass is 263 g/mol. The van der Waals surface area contributed by atoms with Crippen molar-refractivity contribution in [3.8, 4) is 5.75 Å². The number of benzene rings is 1. The third-order valence-electron chi connectivity index (χ3n) is 2.23. The molecule has 96 valence electrons. The van der Waals surface area contributed by atoms with Crippen LogP contribution < -0.4 is 5.32 Å². The van der Waals surface area contributed by atoms with Crippen LogP contribution in [0.1, 0.15) is 12.5 Å². The van der Waals surface area contributed by atoms with Gasteiger partial charge in [-0.2, -0.15) is 0 Å². The largest absolute Gasteiger partial charge is 0.503 e. The van der Waals surface area contributed by atoms with Gasteiger partial charge in [-0.3, -0.25) is 4.21 Å². The van der Waals surface area contributed by atoms with Gasteiger partial charge < -0.3 is 10.4 Å².